The first-order chi connectivity index (χ1) is 5.33. The van der Waals surface area contributed by atoms with Gasteiger partial charge in [-0.05, 0) is 0 Å². The molecule has 0 saturated heterocycles. The highest BCUT2D eigenvalue weighted by Crippen LogP contribution is 1.88. The van der Waals surface area contributed by atoms with E-state index >= 15 is 0 Å². The van der Waals surface area contributed by atoms with E-state index in [9.17, 15) is 0 Å². The molecule has 1 heterocycles. The molecule has 0 fully saturated rings. The van der Waals surface area contributed by atoms with Crippen molar-refractivity contribution in [3.63, 3.8) is 0 Å². The van der Waals surface area contributed by atoms with Gasteiger partial charge < -0.3 is 5.43 Å². The van der Waals surface area contributed by atoms with Crippen LogP contribution >= 0.6 is 0 Å². The van der Waals surface area contributed by atoms with Crippen molar-refractivity contribution in [2.45, 2.75) is 0 Å². The quantitative estimate of drug-likeness (QED) is 0.360. The van der Waals surface area contributed by atoms with Crippen LogP contribution in [0.1, 0.15) is 5.56 Å². The summed E-state index contributed by atoms with van der Waals surface area (Å²) in [4.78, 5) is 0. The summed E-state index contributed by atoms with van der Waals surface area (Å²) in [5.74, 6) is 0. The van der Waals surface area contributed by atoms with Crippen molar-refractivity contribution < 1.29 is 4.57 Å². The van der Waals surface area contributed by atoms with Gasteiger partial charge >= 0.3 is 0 Å². The summed E-state index contributed by atoms with van der Waals surface area (Å²) in [7, 11) is 3.76. The molecule has 1 N–H and O–H groups in total. The lowest BCUT2D eigenvalue weighted by Crippen LogP contribution is -2.25. The number of nitrogens with one attached hydrogen (secondary N) is 1. The highest BCUT2D eigenvalue weighted by atomic mass is 15.3. The molecule has 0 saturated carbocycles. The minimum Gasteiger partial charge on any atom is -0.313 e. The molecule has 0 spiro atoms. The molecular formula is C8H12N3+. The zero-order chi connectivity index (χ0) is 8.10. The number of nitrogens with zero attached hydrogens (tertiary/aromatic N) is 2. The van der Waals surface area contributed by atoms with Gasteiger partial charge in [0.25, 0.3) is 0 Å². The Hall–Kier alpha value is -1.38. The zero-order valence-electron chi connectivity index (χ0n) is 6.78. The standard InChI is InChI=1S/C8H11N3/c1-9-10-7-8-3-5-11(2)6-4-8/h3-7H,1-2H3/p+1. The molecule has 58 valence electrons. The number of aryl methyl sites for hydroxylation is 1. The van der Waals surface area contributed by atoms with Crippen molar-refractivity contribution in [2.75, 3.05) is 7.05 Å². The van der Waals surface area contributed by atoms with E-state index in [1.165, 1.54) is 0 Å². The van der Waals surface area contributed by atoms with Crippen LogP contribution in [0, 0.1) is 0 Å². The minimum absolute atomic E-state index is 1.09. The maximum atomic E-state index is 3.89. The number of aromatic nitrogens is 1. The van der Waals surface area contributed by atoms with E-state index in [0.29, 0.717) is 0 Å². The average Bonchev–Trinajstić information content (AvgIpc) is 2.04. The van der Waals surface area contributed by atoms with Gasteiger partial charge in [0.1, 0.15) is 7.05 Å². The highest BCUT2D eigenvalue weighted by molar-refractivity contribution is 5.78. The lowest BCUT2D eigenvalue weighted by molar-refractivity contribution is -0.671. The monoisotopic (exact) mass is 150 g/mol. The molecule has 0 atom stereocenters. The largest absolute Gasteiger partial charge is 0.313 e. The average molecular weight is 150 g/mol. The van der Waals surface area contributed by atoms with Gasteiger partial charge in [-0.15, -0.1) is 0 Å². The number of hydrazone groups is 1. The van der Waals surface area contributed by atoms with E-state index in [0.717, 1.165) is 5.56 Å². The summed E-state index contributed by atoms with van der Waals surface area (Å²) < 4.78 is 1.98. The predicted octanol–water partition coefficient (Wildman–Crippen LogP) is 0.0644. The van der Waals surface area contributed by atoms with Crippen LogP contribution in [0.25, 0.3) is 0 Å². The van der Waals surface area contributed by atoms with Gasteiger partial charge in [0.15, 0.2) is 12.4 Å². The van der Waals surface area contributed by atoms with E-state index in [1.807, 2.05) is 36.1 Å². The predicted molar refractivity (Wildman–Crippen MR) is 44.3 cm³/mol. The van der Waals surface area contributed by atoms with Crippen molar-refractivity contribution >= 4 is 6.21 Å². The van der Waals surface area contributed by atoms with Crippen molar-refractivity contribution in [2.24, 2.45) is 12.1 Å². The third kappa shape index (κ3) is 2.37. The van der Waals surface area contributed by atoms with Gasteiger partial charge in [-0.2, -0.15) is 5.10 Å². The lowest BCUT2D eigenvalue weighted by Gasteiger charge is -1.89. The van der Waals surface area contributed by atoms with Crippen LogP contribution in [0.4, 0.5) is 0 Å². The molecule has 0 aromatic carbocycles. The Balaban J connectivity index is 2.73. The molecule has 3 heteroatoms. The number of pyridine rings is 1. The van der Waals surface area contributed by atoms with Gasteiger partial charge in [0.2, 0.25) is 0 Å². The van der Waals surface area contributed by atoms with Crippen LogP contribution in [0.3, 0.4) is 0 Å². The zero-order valence-corrected chi connectivity index (χ0v) is 6.78. The molecule has 0 amide bonds. The van der Waals surface area contributed by atoms with Gasteiger partial charge in [0, 0.05) is 24.7 Å². The molecule has 0 aliphatic rings. The fraction of sp³-hybridized carbons (Fsp3) is 0.250. The van der Waals surface area contributed by atoms with Crippen molar-refractivity contribution in [1.82, 2.24) is 5.43 Å². The van der Waals surface area contributed by atoms with E-state index in [2.05, 4.69) is 10.5 Å². The van der Waals surface area contributed by atoms with Crippen LogP contribution in [0.15, 0.2) is 29.6 Å². The molecule has 1 aromatic heterocycles. The second-order valence-electron chi connectivity index (χ2n) is 2.28. The SMILES string of the molecule is CN/N=C/c1cc[n+](C)cc1. The first-order valence-corrected chi connectivity index (χ1v) is 3.48. The number of hydrogen-bond acceptors (Lipinski definition) is 2. The van der Waals surface area contributed by atoms with Crippen LogP contribution in [0.2, 0.25) is 0 Å². The summed E-state index contributed by atoms with van der Waals surface area (Å²) in [5, 5.41) is 3.89. The Bertz CT molecular complexity index is 238. The van der Waals surface area contributed by atoms with Crippen LogP contribution in [0.5, 0.6) is 0 Å². The van der Waals surface area contributed by atoms with Gasteiger partial charge in [-0.3, -0.25) is 0 Å². The molecule has 3 nitrogen and oxygen atoms in total. The molecule has 0 aliphatic heterocycles. The van der Waals surface area contributed by atoms with Crippen molar-refractivity contribution in [1.29, 1.82) is 0 Å². The Kier molecular flexibility index (Phi) is 2.60. The minimum atomic E-state index is 1.09. The third-order valence-electron chi connectivity index (χ3n) is 1.35. The Morgan fingerprint density at radius 3 is 2.64 bits per heavy atom. The molecule has 0 unspecified atom stereocenters. The van der Waals surface area contributed by atoms with Crippen molar-refractivity contribution in [3.05, 3.63) is 30.1 Å². The number of hydrogen-bond donors (Lipinski definition) is 1. The van der Waals surface area contributed by atoms with Gasteiger partial charge in [-0.25, -0.2) is 4.57 Å². The molecule has 0 aliphatic carbocycles. The second-order valence-corrected chi connectivity index (χ2v) is 2.28. The highest BCUT2D eigenvalue weighted by Gasteiger charge is 1.90. The molecule has 0 bridgehead atoms. The van der Waals surface area contributed by atoms with Crippen molar-refractivity contribution in [3.8, 4) is 0 Å². The first-order valence-electron chi connectivity index (χ1n) is 3.48. The van der Waals surface area contributed by atoms with Crippen LogP contribution in [-0.2, 0) is 7.05 Å². The van der Waals surface area contributed by atoms with Crippen LogP contribution < -0.4 is 9.99 Å². The van der Waals surface area contributed by atoms with E-state index < -0.39 is 0 Å². The summed E-state index contributed by atoms with van der Waals surface area (Å²) in [5.41, 5.74) is 3.79. The number of rotatable bonds is 2. The molecule has 11 heavy (non-hydrogen) atoms. The topological polar surface area (TPSA) is 28.3 Å². The molecular weight excluding hydrogens is 138 g/mol. The maximum Gasteiger partial charge on any atom is 0.169 e. The van der Waals surface area contributed by atoms with Gasteiger partial charge in [0.05, 0.1) is 6.21 Å². The summed E-state index contributed by atoms with van der Waals surface area (Å²) in [6.07, 6.45) is 5.74. The third-order valence-corrected chi connectivity index (χ3v) is 1.35. The Labute approximate surface area is 66.4 Å². The fourth-order valence-corrected chi connectivity index (χ4v) is 0.738. The normalized spacial score (nSPS) is 10.4. The molecule has 0 radical (unpaired) electrons. The second kappa shape index (κ2) is 3.71. The summed E-state index contributed by atoms with van der Waals surface area (Å²) in [6, 6.07) is 4.00. The Morgan fingerprint density at radius 1 is 1.45 bits per heavy atom. The molecule has 1 aromatic rings. The van der Waals surface area contributed by atoms with E-state index in [-0.39, 0.29) is 0 Å². The first kappa shape index (κ1) is 7.72. The maximum absolute atomic E-state index is 3.89. The lowest BCUT2D eigenvalue weighted by atomic mass is 10.3. The fourth-order valence-electron chi connectivity index (χ4n) is 0.738. The van der Waals surface area contributed by atoms with Crippen LogP contribution in [-0.4, -0.2) is 13.3 Å². The van der Waals surface area contributed by atoms with E-state index in [4.69, 9.17) is 0 Å². The van der Waals surface area contributed by atoms with E-state index in [1.54, 1.807) is 13.3 Å². The summed E-state index contributed by atoms with van der Waals surface area (Å²) in [6.45, 7) is 0. The summed E-state index contributed by atoms with van der Waals surface area (Å²) >= 11 is 0. The molecule has 1 rings (SSSR count). The van der Waals surface area contributed by atoms with Gasteiger partial charge in [-0.1, -0.05) is 0 Å². The Morgan fingerprint density at radius 2 is 2.09 bits per heavy atom. The smallest absolute Gasteiger partial charge is 0.169 e.